The Hall–Kier alpha value is -0.840. The van der Waals surface area contributed by atoms with Gasteiger partial charge in [0.1, 0.15) is 16.5 Å². The van der Waals surface area contributed by atoms with Gasteiger partial charge in [0.15, 0.2) is 5.15 Å². The van der Waals surface area contributed by atoms with Crippen molar-refractivity contribution < 1.29 is 4.74 Å². The maximum atomic E-state index is 5.81. The zero-order valence-corrected chi connectivity index (χ0v) is 10.9. The molecule has 0 N–H and O–H groups in total. The summed E-state index contributed by atoms with van der Waals surface area (Å²) in [5, 5.41) is 0.950. The van der Waals surface area contributed by atoms with Crippen LogP contribution in [0, 0.1) is 0 Å². The average Bonchev–Trinajstić information content (AvgIpc) is 2.28. The summed E-state index contributed by atoms with van der Waals surface area (Å²) in [6, 6.07) is 6.94. The van der Waals surface area contributed by atoms with Crippen LogP contribution in [0.4, 0.5) is 0 Å². The molecule has 1 aromatic carbocycles. The van der Waals surface area contributed by atoms with E-state index in [-0.39, 0.29) is 0 Å². The minimum absolute atomic E-state index is 0.305. The molecule has 0 bridgehead atoms. The summed E-state index contributed by atoms with van der Waals surface area (Å²) in [4.78, 5) is 7.76. The average molecular weight is 320 g/mol. The predicted molar refractivity (Wildman–Crippen MR) is 66.3 cm³/mol. The van der Waals surface area contributed by atoms with Gasteiger partial charge in [-0.05, 0) is 40.2 Å². The molecular formula is C10H5BrCl2N2O. The Bertz CT molecular complexity index is 505. The van der Waals surface area contributed by atoms with E-state index < -0.39 is 0 Å². The van der Waals surface area contributed by atoms with Crippen LogP contribution >= 0.6 is 39.1 Å². The first-order valence-electron chi connectivity index (χ1n) is 4.26. The highest BCUT2D eigenvalue weighted by molar-refractivity contribution is 9.10. The fourth-order valence-electron chi connectivity index (χ4n) is 1.02. The third-order valence-electron chi connectivity index (χ3n) is 1.74. The quantitative estimate of drug-likeness (QED) is 0.772. The van der Waals surface area contributed by atoms with E-state index in [1.807, 2.05) is 0 Å². The molecule has 1 aromatic heterocycles. The van der Waals surface area contributed by atoms with E-state index >= 15 is 0 Å². The molecular weight excluding hydrogens is 315 g/mol. The fourth-order valence-corrected chi connectivity index (χ4v) is 1.56. The highest BCUT2D eigenvalue weighted by atomic mass is 79.9. The molecule has 2 rings (SSSR count). The van der Waals surface area contributed by atoms with Crippen molar-refractivity contribution in [1.82, 2.24) is 9.97 Å². The van der Waals surface area contributed by atoms with Crippen LogP contribution in [0.15, 0.2) is 35.1 Å². The molecule has 16 heavy (non-hydrogen) atoms. The lowest BCUT2D eigenvalue weighted by molar-refractivity contribution is 0.458. The summed E-state index contributed by atoms with van der Waals surface area (Å²) >= 11 is 14.8. The minimum Gasteiger partial charge on any atom is -0.438 e. The molecule has 0 atom stereocenters. The third kappa shape index (κ3) is 2.64. The van der Waals surface area contributed by atoms with Crippen molar-refractivity contribution in [2.24, 2.45) is 0 Å². The molecule has 0 radical (unpaired) electrons. The van der Waals surface area contributed by atoms with Crippen LogP contribution in [-0.2, 0) is 0 Å². The number of hydrogen-bond donors (Lipinski definition) is 0. The van der Waals surface area contributed by atoms with Crippen LogP contribution in [0.25, 0.3) is 0 Å². The molecule has 82 valence electrons. The van der Waals surface area contributed by atoms with E-state index in [1.54, 1.807) is 24.3 Å². The topological polar surface area (TPSA) is 35.0 Å². The van der Waals surface area contributed by atoms with Crippen molar-refractivity contribution in [2.75, 3.05) is 0 Å². The SMILES string of the molecule is Clc1ccc(Oc2ncnc(Cl)c2Br)cc1. The van der Waals surface area contributed by atoms with Crippen molar-refractivity contribution >= 4 is 39.1 Å². The van der Waals surface area contributed by atoms with Gasteiger partial charge in [-0.15, -0.1) is 0 Å². The van der Waals surface area contributed by atoms with Gasteiger partial charge in [0, 0.05) is 5.02 Å². The van der Waals surface area contributed by atoms with E-state index in [2.05, 4.69) is 25.9 Å². The van der Waals surface area contributed by atoms with E-state index in [0.717, 1.165) is 0 Å². The second-order valence-electron chi connectivity index (χ2n) is 2.84. The number of aromatic nitrogens is 2. The summed E-state index contributed by atoms with van der Waals surface area (Å²) < 4.78 is 6.02. The largest absolute Gasteiger partial charge is 0.438 e. The Morgan fingerprint density at radius 2 is 1.75 bits per heavy atom. The van der Waals surface area contributed by atoms with Crippen LogP contribution in [-0.4, -0.2) is 9.97 Å². The van der Waals surface area contributed by atoms with E-state index in [9.17, 15) is 0 Å². The first kappa shape index (κ1) is 11.6. The molecule has 3 nitrogen and oxygen atoms in total. The zero-order chi connectivity index (χ0) is 11.5. The molecule has 2 aromatic rings. The van der Waals surface area contributed by atoms with Crippen LogP contribution in [0.1, 0.15) is 0 Å². The Labute approximate surface area is 111 Å². The van der Waals surface area contributed by atoms with Gasteiger partial charge in [-0.1, -0.05) is 23.2 Å². The Morgan fingerprint density at radius 1 is 1.06 bits per heavy atom. The number of rotatable bonds is 2. The second kappa shape index (κ2) is 4.99. The molecule has 1 heterocycles. The molecule has 0 saturated carbocycles. The standard InChI is InChI=1S/C10H5BrCl2N2O/c11-8-9(13)14-5-15-10(8)16-7-3-1-6(12)2-4-7/h1-5H. The van der Waals surface area contributed by atoms with E-state index in [1.165, 1.54) is 6.33 Å². The lowest BCUT2D eigenvalue weighted by Crippen LogP contribution is -1.91. The Balaban J connectivity index is 2.27. The van der Waals surface area contributed by atoms with Gasteiger partial charge >= 0.3 is 0 Å². The van der Waals surface area contributed by atoms with E-state index in [0.29, 0.717) is 26.3 Å². The maximum absolute atomic E-state index is 5.81. The molecule has 0 saturated heterocycles. The van der Waals surface area contributed by atoms with Crippen LogP contribution < -0.4 is 4.74 Å². The number of halogens is 3. The summed E-state index contributed by atoms with van der Waals surface area (Å²) in [6.45, 7) is 0. The lowest BCUT2D eigenvalue weighted by atomic mass is 10.3. The molecule has 0 aliphatic rings. The van der Waals surface area contributed by atoms with Gasteiger partial charge in [-0.2, -0.15) is 0 Å². The molecule has 0 fully saturated rings. The summed E-state index contributed by atoms with van der Waals surface area (Å²) in [5.41, 5.74) is 0. The predicted octanol–water partition coefficient (Wildman–Crippen LogP) is 4.34. The molecule has 6 heteroatoms. The van der Waals surface area contributed by atoms with Crippen LogP contribution in [0.5, 0.6) is 11.6 Å². The van der Waals surface area contributed by atoms with Gasteiger partial charge < -0.3 is 4.74 Å². The number of nitrogens with zero attached hydrogens (tertiary/aromatic N) is 2. The van der Waals surface area contributed by atoms with Crippen LogP contribution in [0.3, 0.4) is 0 Å². The number of ether oxygens (including phenoxy) is 1. The minimum atomic E-state index is 0.305. The van der Waals surface area contributed by atoms with Gasteiger partial charge in [0.05, 0.1) is 0 Å². The Kier molecular flexibility index (Phi) is 3.63. The van der Waals surface area contributed by atoms with Crippen LogP contribution in [0.2, 0.25) is 10.2 Å². The fraction of sp³-hybridized carbons (Fsp3) is 0. The number of benzene rings is 1. The second-order valence-corrected chi connectivity index (χ2v) is 4.43. The van der Waals surface area contributed by atoms with Crippen molar-refractivity contribution in [2.45, 2.75) is 0 Å². The zero-order valence-electron chi connectivity index (χ0n) is 7.82. The highest BCUT2D eigenvalue weighted by Crippen LogP contribution is 2.31. The first-order valence-corrected chi connectivity index (χ1v) is 5.81. The highest BCUT2D eigenvalue weighted by Gasteiger charge is 2.08. The Morgan fingerprint density at radius 3 is 2.44 bits per heavy atom. The summed E-state index contributed by atoms with van der Waals surface area (Å²) in [7, 11) is 0. The molecule has 0 spiro atoms. The summed E-state index contributed by atoms with van der Waals surface area (Å²) in [5.74, 6) is 0.988. The normalized spacial score (nSPS) is 10.2. The molecule has 0 unspecified atom stereocenters. The first-order chi connectivity index (χ1) is 7.66. The van der Waals surface area contributed by atoms with Gasteiger partial charge in [0.25, 0.3) is 0 Å². The van der Waals surface area contributed by atoms with Gasteiger partial charge in [-0.25, -0.2) is 9.97 Å². The maximum Gasteiger partial charge on any atom is 0.238 e. The van der Waals surface area contributed by atoms with Crippen molar-refractivity contribution in [3.05, 3.63) is 45.2 Å². The van der Waals surface area contributed by atoms with Crippen molar-refractivity contribution in [1.29, 1.82) is 0 Å². The third-order valence-corrected chi connectivity index (χ3v) is 3.22. The van der Waals surface area contributed by atoms with Crippen molar-refractivity contribution in [3.63, 3.8) is 0 Å². The lowest BCUT2D eigenvalue weighted by Gasteiger charge is -2.06. The smallest absolute Gasteiger partial charge is 0.238 e. The van der Waals surface area contributed by atoms with Gasteiger partial charge in [-0.3, -0.25) is 0 Å². The van der Waals surface area contributed by atoms with E-state index in [4.69, 9.17) is 27.9 Å². The molecule has 0 amide bonds. The molecule has 0 aliphatic carbocycles. The van der Waals surface area contributed by atoms with Gasteiger partial charge in [0.2, 0.25) is 5.88 Å². The number of hydrogen-bond acceptors (Lipinski definition) is 3. The monoisotopic (exact) mass is 318 g/mol. The van der Waals surface area contributed by atoms with Crippen molar-refractivity contribution in [3.8, 4) is 11.6 Å². The molecule has 0 aliphatic heterocycles. The summed E-state index contributed by atoms with van der Waals surface area (Å²) in [6.07, 6.45) is 1.33.